The van der Waals surface area contributed by atoms with E-state index in [0.717, 1.165) is 44.9 Å². The summed E-state index contributed by atoms with van der Waals surface area (Å²) >= 11 is 0. The lowest BCUT2D eigenvalue weighted by Crippen LogP contribution is -2.05. The first-order chi connectivity index (χ1) is 13.9. The van der Waals surface area contributed by atoms with Gasteiger partial charge in [0.25, 0.3) is 0 Å². The molecule has 2 heteroatoms. The van der Waals surface area contributed by atoms with E-state index in [4.69, 9.17) is 4.99 Å². The minimum Gasteiger partial charge on any atom is -0.388 e. The van der Waals surface area contributed by atoms with Crippen LogP contribution in [0.15, 0.2) is 84.9 Å². The van der Waals surface area contributed by atoms with E-state index in [1.165, 1.54) is 11.1 Å². The van der Waals surface area contributed by atoms with Gasteiger partial charge in [0.1, 0.15) is 0 Å². The Bertz CT molecular complexity index is 1070. The molecule has 3 rings (SSSR count). The lowest BCUT2D eigenvalue weighted by Gasteiger charge is -2.14. The Kier molecular flexibility index (Phi) is 6.13. The number of benzene rings is 3. The summed E-state index contributed by atoms with van der Waals surface area (Å²) in [6.45, 7) is 14.7. The number of hydrogen-bond acceptors (Lipinski definition) is 2. The van der Waals surface area contributed by atoms with Gasteiger partial charge in [-0.3, -0.25) is 0 Å². The van der Waals surface area contributed by atoms with Gasteiger partial charge in [0.05, 0.1) is 11.4 Å². The highest BCUT2D eigenvalue weighted by Crippen LogP contribution is 2.28. The number of allylic oxidation sites excluding steroid dienone is 1. The molecule has 29 heavy (non-hydrogen) atoms. The van der Waals surface area contributed by atoms with E-state index in [0.29, 0.717) is 0 Å². The quantitative estimate of drug-likeness (QED) is 0.477. The topological polar surface area (TPSA) is 24.4 Å². The van der Waals surface area contributed by atoms with Gasteiger partial charge in [-0.05, 0) is 43.5 Å². The first-order valence-electron chi connectivity index (χ1n) is 9.79. The molecule has 0 saturated carbocycles. The zero-order chi connectivity index (χ0) is 21.0. The van der Waals surface area contributed by atoms with Gasteiger partial charge in [-0.15, -0.1) is 0 Å². The van der Waals surface area contributed by atoms with Gasteiger partial charge < -0.3 is 5.32 Å². The Hall–Kier alpha value is -3.39. The predicted molar refractivity (Wildman–Crippen MR) is 127 cm³/mol. The van der Waals surface area contributed by atoms with E-state index in [1.807, 2.05) is 7.05 Å². The SMILES string of the molecule is C=C(NC)c1ccc(C)c(N=C(C(=C)c2ccc(C)cc2)c2ccc(C)cc2)c1. The van der Waals surface area contributed by atoms with E-state index in [9.17, 15) is 0 Å². The van der Waals surface area contributed by atoms with Crippen LogP contribution >= 0.6 is 0 Å². The summed E-state index contributed by atoms with van der Waals surface area (Å²) in [6, 6.07) is 23.1. The molecule has 3 aromatic carbocycles. The van der Waals surface area contributed by atoms with Crippen molar-refractivity contribution in [1.82, 2.24) is 5.32 Å². The largest absolute Gasteiger partial charge is 0.388 e. The first-order valence-corrected chi connectivity index (χ1v) is 9.79. The molecule has 146 valence electrons. The lowest BCUT2D eigenvalue weighted by atomic mass is 9.95. The Morgan fingerprint density at radius 1 is 0.724 bits per heavy atom. The molecule has 3 aromatic rings. The zero-order valence-corrected chi connectivity index (χ0v) is 17.7. The molecule has 0 saturated heterocycles. The van der Waals surface area contributed by atoms with Gasteiger partial charge >= 0.3 is 0 Å². The van der Waals surface area contributed by atoms with Gasteiger partial charge in [-0.25, -0.2) is 4.99 Å². The average molecular weight is 381 g/mol. The Morgan fingerprint density at radius 3 is 1.79 bits per heavy atom. The molecule has 0 unspecified atom stereocenters. The fraction of sp³-hybridized carbons (Fsp3) is 0.148. The van der Waals surface area contributed by atoms with Crippen molar-refractivity contribution in [3.05, 3.63) is 113 Å². The third-order valence-corrected chi connectivity index (χ3v) is 5.10. The van der Waals surface area contributed by atoms with Crippen LogP contribution in [0.1, 0.15) is 33.4 Å². The summed E-state index contributed by atoms with van der Waals surface area (Å²) < 4.78 is 0. The Labute approximate surface area is 174 Å². The molecular weight excluding hydrogens is 352 g/mol. The number of rotatable bonds is 6. The summed E-state index contributed by atoms with van der Waals surface area (Å²) in [5, 5.41) is 3.11. The van der Waals surface area contributed by atoms with E-state index in [1.54, 1.807) is 0 Å². The van der Waals surface area contributed by atoms with Crippen molar-refractivity contribution in [1.29, 1.82) is 0 Å². The van der Waals surface area contributed by atoms with Gasteiger partial charge in [0.2, 0.25) is 0 Å². The van der Waals surface area contributed by atoms with Crippen molar-refractivity contribution in [3.63, 3.8) is 0 Å². The molecule has 0 fully saturated rings. The number of hydrogen-bond donors (Lipinski definition) is 1. The van der Waals surface area contributed by atoms with Gasteiger partial charge in [0.15, 0.2) is 0 Å². The summed E-state index contributed by atoms with van der Waals surface area (Å²) in [5.74, 6) is 0. The minimum absolute atomic E-state index is 0.871. The number of nitrogens with zero attached hydrogens (tertiary/aromatic N) is 1. The van der Waals surface area contributed by atoms with E-state index in [-0.39, 0.29) is 0 Å². The molecule has 0 aliphatic heterocycles. The summed E-state index contributed by atoms with van der Waals surface area (Å²) in [7, 11) is 1.88. The summed E-state index contributed by atoms with van der Waals surface area (Å²) in [4.78, 5) is 5.08. The number of aliphatic imine (C=N–C) groups is 1. The van der Waals surface area contributed by atoms with Crippen molar-refractivity contribution >= 4 is 22.7 Å². The third kappa shape index (κ3) is 4.72. The number of aryl methyl sites for hydroxylation is 3. The molecule has 0 aromatic heterocycles. The highest BCUT2D eigenvalue weighted by molar-refractivity contribution is 6.32. The molecule has 0 bridgehead atoms. The van der Waals surface area contributed by atoms with Crippen LogP contribution in [0.4, 0.5) is 5.69 Å². The van der Waals surface area contributed by atoms with Crippen molar-refractivity contribution in [2.45, 2.75) is 20.8 Å². The molecule has 2 nitrogen and oxygen atoms in total. The molecule has 1 N–H and O–H groups in total. The minimum atomic E-state index is 0.871. The highest BCUT2D eigenvalue weighted by Gasteiger charge is 2.12. The van der Waals surface area contributed by atoms with Crippen LogP contribution in [0, 0.1) is 20.8 Å². The van der Waals surface area contributed by atoms with Crippen LogP contribution in [0.2, 0.25) is 0 Å². The second-order valence-corrected chi connectivity index (χ2v) is 7.40. The van der Waals surface area contributed by atoms with Crippen molar-refractivity contribution < 1.29 is 0 Å². The van der Waals surface area contributed by atoms with Crippen molar-refractivity contribution in [2.24, 2.45) is 4.99 Å². The van der Waals surface area contributed by atoms with E-state index >= 15 is 0 Å². The highest BCUT2D eigenvalue weighted by atomic mass is 14.8. The fourth-order valence-electron chi connectivity index (χ4n) is 3.09. The monoisotopic (exact) mass is 380 g/mol. The van der Waals surface area contributed by atoms with Crippen LogP contribution in [-0.4, -0.2) is 12.8 Å². The maximum absolute atomic E-state index is 5.08. The first kappa shape index (κ1) is 20.3. The Balaban J connectivity index is 2.15. The van der Waals surface area contributed by atoms with Crippen LogP contribution in [-0.2, 0) is 0 Å². The van der Waals surface area contributed by atoms with Crippen LogP contribution in [0.3, 0.4) is 0 Å². The molecule has 0 aliphatic carbocycles. The number of nitrogens with one attached hydrogen (secondary N) is 1. The van der Waals surface area contributed by atoms with Crippen LogP contribution in [0.25, 0.3) is 11.3 Å². The molecule has 0 spiro atoms. The normalized spacial score (nSPS) is 11.2. The van der Waals surface area contributed by atoms with Gasteiger partial charge in [0, 0.05) is 23.9 Å². The average Bonchev–Trinajstić information content (AvgIpc) is 2.73. The summed E-state index contributed by atoms with van der Waals surface area (Å²) in [6.07, 6.45) is 0. The molecule has 0 aliphatic rings. The second kappa shape index (κ2) is 8.74. The standard InChI is InChI=1S/C27H28N2/c1-18-7-12-23(13-8-18)21(4)27(24-14-9-19(2)10-15-24)29-26-17-25(22(5)28-6)16-11-20(26)3/h7-17,28H,4-5H2,1-3,6H3. The Morgan fingerprint density at radius 2 is 1.24 bits per heavy atom. The summed E-state index contributed by atoms with van der Waals surface area (Å²) in [5.41, 5.74) is 10.3. The maximum atomic E-state index is 5.08. The van der Waals surface area contributed by atoms with E-state index in [2.05, 4.69) is 106 Å². The fourth-order valence-corrected chi connectivity index (χ4v) is 3.09. The molecular formula is C27H28N2. The molecule has 0 radical (unpaired) electrons. The van der Waals surface area contributed by atoms with Crippen LogP contribution < -0.4 is 5.32 Å². The molecule has 0 atom stereocenters. The predicted octanol–water partition coefficient (Wildman–Crippen LogP) is 6.64. The molecule has 0 amide bonds. The van der Waals surface area contributed by atoms with Gasteiger partial charge in [-0.1, -0.05) is 84.9 Å². The zero-order valence-electron chi connectivity index (χ0n) is 17.7. The smallest absolute Gasteiger partial charge is 0.0781 e. The van der Waals surface area contributed by atoms with Crippen molar-refractivity contribution in [2.75, 3.05) is 7.05 Å². The van der Waals surface area contributed by atoms with Gasteiger partial charge in [-0.2, -0.15) is 0 Å². The second-order valence-electron chi connectivity index (χ2n) is 7.40. The van der Waals surface area contributed by atoms with Crippen LogP contribution in [0.5, 0.6) is 0 Å². The lowest BCUT2D eigenvalue weighted by molar-refractivity contribution is 1.13. The van der Waals surface area contributed by atoms with E-state index < -0.39 is 0 Å². The maximum Gasteiger partial charge on any atom is 0.0781 e. The third-order valence-electron chi connectivity index (χ3n) is 5.10. The molecule has 0 heterocycles. The van der Waals surface area contributed by atoms with Crippen molar-refractivity contribution in [3.8, 4) is 0 Å².